The minimum atomic E-state index is -4.97. The summed E-state index contributed by atoms with van der Waals surface area (Å²) >= 11 is 0. The maximum Gasteiger partial charge on any atom is 0.418 e. The number of nitro benzene ring substituents is 1. The van der Waals surface area contributed by atoms with Gasteiger partial charge in [-0.25, -0.2) is 4.79 Å². The number of halogens is 3. The minimum absolute atomic E-state index is 0.212. The summed E-state index contributed by atoms with van der Waals surface area (Å²) in [6.45, 7) is 2.78. The Bertz CT molecular complexity index is 975. The van der Waals surface area contributed by atoms with Gasteiger partial charge < -0.3 is 15.2 Å². The number of hydrogen-bond donors (Lipinski definition) is 2. The lowest BCUT2D eigenvalue weighted by atomic mass is 10.1. The number of amides is 1. The van der Waals surface area contributed by atoms with Crippen LogP contribution in [0, 0.1) is 17.0 Å². The Hall–Kier alpha value is -3.63. The number of nitrogens with zero attached hydrogens (tertiary/aromatic N) is 1. The molecule has 11 heteroatoms. The number of esters is 1. The number of ether oxygens (including phenoxy) is 1. The lowest BCUT2D eigenvalue weighted by Crippen LogP contribution is -2.30. The molecule has 0 unspecified atom stereocenters. The van der Waals surface area contributed by atoms with Crippen LogP contribution in [-0.2, 0) is 15.7 Å². The fourth-order valence-electron chi connectivity index (χ4n) is 2.31. The van der Waals surface area contributed by atoms with Crippen LogP contribution in [-0.4, -0.2) is 28.0 Å². The Morgan fingerprint density at radius 3 is 2.45 bits per heavy atom. The first-order valence-electron chi connectivity index (χ1n) is 8.07. The van der Waals surface area contributed by atoms with Gasteiger partial charge in [0.1, 0.15) is 11.3 Å². The van der Waals surface area contributed by atoms with Crippen molar-refractivity contribution in [2.75, 3.05) is 5.32 Å². The van der Waals surface area contributed by atoms with E-state index in [-0.39, 0.29) is 17.4 Å². The maximum absolute atomic E-state index is 13.2. The van der Waals surface area contributed by atoms with E-state index in [1.807, 2.05) is 5.32 Å². The molecule has 2 aromatic carbocycles. The van der Waals surface area contributed by atoms with Gasteiger partial charge in [-0.15, -0.1) is 0 Å². The van der Waals surface area contributed by atoms with Crippen molar-refractivity contribution in [1.82, 2.24) is 0 Å². The summed E-state index contributed by atoms with van der Waals surface area (Å²) in [6.07, 6.45) is -6.49. The molecule has 0 radical (unpaired) electrons. The predicted octanol–water partition coefficient (Wildman–Crippen LogP) is 3.81. The van der Waals surface area contributed by atoms with Gasteiger partial charge in [0, 0.05) is 12.1 Å². The van der Waals surface area contributed by atoms with Crippen LogP contribution in [0.4, 0.5) is 24.5 Å². The van der Waals surface area contributed by atoms with Crippen molar-refractivity contribution in [1.29, 1.82) is 0 Å². The van der Waals surface area contributed by atoms with E-state index >= 15 is 0 Å². The molecule has 0 fully saturated rings. The Balaban J connectivity index is 2.20. The highest BCUT2D eigenvalue weighted by molar-refractivity contribution is 5.98. The number of hydrogen-bond acceptors (Lipinski definition) is 6. The number of anilines is 1. The number of non-ortho nitro benzene ring substituents is 1. The number of benzene rings is 2. The first kappa shape index (κ1) is 21.7. The van der Waals surface area contributed by atoms with Crippen LogP contribution >= 0.6 is 0 Å². The van der Waals surface area contributed by atoms with Gasteiger partial charge in [0.2, 0.25) is 0 Å². The highest BCUT2D eigenvalue weighted by Crippen LogP contribution is 2.37. The summed E-state index contributed by atoms with van der Waals surface area (Å²) in [4.78, 5) is 34.0. The molecule has 0 aromatic heterocycles. The van der Waals surface area contributed by atoms with Crippen molar-refractivity contribution in [2.45, 2.75) is 26.1 Å². The molecule has 0 aliphatic rings. The smallest absolute Gasteiger partial charge is 0.418 e. The van der Waals surface area contributed by atoms with Crippen molar-refractivity contribution in [2.24, 2.45) is 0 Å². The molecule has 1 atom stereocenters. The number of rotatable bonds is 5. The van der Waals surface area contributed by atoms with Gasteiger partial charge in [-0.2, -0.15) is 13.2 Å². The number of aryl methyl sites for hydroxylation is 1. The Morgan fingerprint density at radius 2 is 1.86 bits per heavy atom. The van der Waals surface area contributed by atoms with Crippen molar-refractivity contribution < 1.29 is 37.5 Å². The second-order valence-corrected chi connectivity index (χ2v) is 6.04. The molecule has 0 aliphatic heterocycles. The van der Waals surface area contributed by atoms with Crippen molar-refractivity contribution in [3.05, 3.63) is 63.2 Å². The number of nitro groups is 1. The van der Waals surface area contributed by atoms with E-state index in [0.717, 1.165) is 19.1 Å². The summed E-state index contributed by atoms with van der Waals surface area (Å²) in [5.41, 5.74) is -2.53. The molecule has 1 amide bonds. The van der Waals surface area contributed by atoms with Crippen LogP contribution < -0.4 is 5.32 Å². The lowest BCUT2D eigenvalue weighted by molar-refractivity contribution is -0.385. The Labute approximate surface area is 162 Å². The summed E-state index contributed by atoms with van der Waals surface area (Å²) in [6, 6.07) is 5.93. The molecule has 0 saturated heterocycles. The van der Waals surface area contributed by atoms with Crippen LogP contribution in [0.5, 0.6) is 5.75 Å². The number of phenols is 1. The maximum atomic E-state index is 13.2. The fourth-order valence-corrected chi connectivity index (χ4v) is 2.31. The third kappa shape index (κ3) is 5.21. The van der Waals surface area contributed by atoms with E-state index in [2.05, 4.69) is 0 Å². The zero-order valence-electron chi connectivity index (χ0n) is 15.1. The second-order valence-electron chi connectivity index (χ2n) is 6.04. The van der Waals surface area contributed by atoms with E-state index in [0.29, 0.717) is 5.56 Å². The van der Waals surface area contributed by atoms with Crippen LogP contribution in [0.3, 0.4) is 0 Å². The topological polar surface area (TPSA) is 119 Å². The molecule has 0 saturated carbocycles. The van der Waals surface area contributed by atoms with Crippen LogP contribution in [0.1, 0.15) is 28.4 Å². The number of carbonyl (C=O) groups is 2. The molecule has 154 valence electrons. The number of phenolic OH excluding ortho intramolecular Hbond substituents is 1. The number of carbonyl (C=O) groups excluding carboxylic acids is 2. The normalized spacial score (nSPS) is 12.2. The lowest BCUT2D eigenvalue weighted by Gasteiger charge is -2.17. The number of alkyl halides is 3. The van der Waals surface area contributed by atoms with Gasteiger partial charge in [0.15, 0.2) is 6.10 Å². The average Bonchev–Trinajstić information content (AvgIpc) is 2.62. The molecular weight excluding hydrogens is 397 g/mol. The summed E-state index contributed by atoms with van der Waals surface area (Å²) in [7, 11) is 0. The Kier molecular flexibility index (Phi) is 6.10. The molecule has 0 spiro atoms. The van der Waals surface area contributed by atoms with Gasteiger partial charge in [0.05, 0.1) is 16.2 Å². The van der Waals surface area contributed by atoms with Crippen LogP contribution in [0.15, 0.2) is 36.4 Å². The van der Waals surface area contributed by atoms with Gasteiger partial charge in [-0.3, -0.25) is 14.9 Å². The van der Waals surface area contributed by atoms with E-state index in [9.17, 15) is 38.0 Å². The second kappa shape index (κ2) is 8.17. The monoisotopic (exact) mass is 412 g/mol. The molecule has 2 aromatic rings. The summed E-state index contributed by atoms with van der Waals surface area (Å²) in [5.74, 6) is -2.53. The molecule has 0 bridgehead atoms. The fraction of sp³-hybridized carbons (Fsp3) is 0.222. The molecule has 29 heavy (non-hydrogen) atoms. The minimum Gasteiger partial charge on any atom is -0.507 e. The highest BCUT2D eigenvalue weighted by atomic mass is 19.4. The predicted molar refractivity (Wildman–Crippen MR) is 94.4 cm³/mol. The first-order chi connectivity index (χ1) is 13.4. The number of aromatic hydroxyl groups is 1. The van der Waals surface area contributed by atoms with Crippen molar-refractivity contribution >= 4 is 23.3 Å². The van der Waals surface area contributed by atoms with Gasteiger partial charge >= 0.3 is 12.1 Å². The summed E-state index contributed by atoms with van der Waals surface area (Å²) in [5, 5.41) is 22.4. The zero-order chi connectivity index (χ0) is 21.9. The van der Waals surface area contributed by atoms with Crippen molar-refractivity contribution in [3.63, 3.8) is 0 Å². The molecule has 8 nitrogen and oxygen atoms in total. The molecule has 2 rings (SSSR count). The van der Waals surface area contributed by atoms with E-state index in [4.69, 9.17) is 4.74 Å². The summed E-state index contributed by atoms with van der Waals surface area (Å²) < 4.78 is 44.4. The van der Waals surface area contributed by atoms with Gasteiger partial charge in [-0.1, -0.05) is 11.6 Å². The first-order valence-corrected chi connectivity index (χ1v) is 8.07. The average molecular weight is 412 g/mol. The number of nitrogens with one attached hydrogen (secondary N) is 1. The third-order valence-corrected chi connectivity index (χ3v) is 3.80. The van der Waals surface area contributed by atoms with Crippen LogP contribution in [0.2, 0.25) is 0 Å². The van der Waals surface area contributed by atoms with Gasteiger partial charge in [-0.05, 0) is 32.0 Å². The van der Waals surface area contributed by atoms with E-state index in [1.165, 1.54) is 18.2 Å². The Morgan fingerprint density at radius 1 is 1.21 bits per heavy atom. The van der Waals surface area contributed by atoms with Crippen molar-refractivity contribution in [3.8, 4) is 5.75 Å². The largest absolute Gasteiger partial charge is 0.507 e. The quantitative estimate of drug-likeness (QED) is 0.438. The highest BCUT2D eigenvalue weighted by Gasteiger charge is 2.36. The van der Waals surface area contributed by atoms with E-state index in [1.54, 1.807) is 6.92 Å². The molecule has 0 heterocycles. The molecule has 0 aliphatic carbocycles. The molecular formula is C18H15F3N2O6. The van der Waals surface area contributed by atoms with E-state index < -0.39 is 46.0 Å². The SMILES string of the molecule is Cc1ccc(O)c(C(=O)O[C@@H](C)C(=O)Nc2ccc([N+](=O)[O-])cc2C(F)(F)F)c1. The zero-order valence-corrected chi connectivity index (χ0v) is 15.1. The standard InChI is InChI=1S/C18H15F3N2O6/c1-9-3-6-15(24)12(7-9)17(26)29-10(2)16(25)22-14-5-4-11(23(27)28)8-13(14)18(19,20)21/h3-8,10,24H,1-2H3,(H,22,25)/t10-/m0/s1. The van der Waals surface area contributed by atoms with Crippen LogP contribution in [0.25, 0.3) is 0 Å². The third-order valence-electron chi connectivity index (χ3n) is 3.80. The molecule has 2 N–H and O–H groups in total. The van der Waals surface area contributed by atoms with Gasteiger partial charge in [0.25, 0.3) is 11.6 Å².